The standard InChI is InChI=1S/C19H13BrN2O2/c20-14-9-7-13(8-10-14)18(23)16-5-1-2-6-17(16)19(24)22-15-4-3-11-21-12-15/h1-12H,(H,22,24). The average molecular weight is 381 g/mol. The van der Waals surface area contributed by atoms with Gasteiger partial charge in [0.05, 0.1) is 17.4 Å². The number of benzene rings is 2. The first-order chi connectivity index (χ1) is 11.6. The average Bonchev–Trinajstić information content (AvgIpc) is 2.62. The SMILES string of the molecule is O=C(Nc1cccnc1)c1ccccc1C(=O)c1ccc(Br)cc1. The second-order valence-electron chi connectivity index (χ2n) is 5.08. The fourth-order valence-electron chi connectivity index (χ4n) is 2.27. The number of carbonyl (C=O) groups is 2. The van der Waals surface area contributed by atoms with Gasteiger partial charge in [-0.25, -0.2) is 0 Å². The lowest BCUT2D eigenvalue weighted by molar-refractivity contribution is 0.0996. The zero-order valence-corrected chi connectivity index (χ0v) is 14.2. The summed E-state index contributed by atoms with van der Waals surface area (Å²) in [5.41, 5.74) is 1.80. The molecule has 3 rings (SSSR count). The van der Waals surface area contributed by atoms with E-state index in [4.69, 9.17) is 0 Å². The molecule has 1 N–H and O–H groups in total. The molecule has 0 aliphatic rings. The van der Waals surface area contributed by atoms with Crippen LogP contribution in [0.2, 0.25) is 0 Å². The Kier molecular flexibility index (Phi) is 4.82. The van der Waals surface area contributed by atoms with E-state index < -0.39 is 0 Å². The summed E-state index contributed by atoms with van der Waals surface area (Å²) >= 11 is 3.34. The quantitative estimate of drug-likeness (QED) is 0.685. The Balaban J connectivity index is 1.91. The minimum absolute atomic E-state index is 0.195. The highest BCUT2D eigenvalue weighted by Gasteiger charge is 2.18. The highest BCUT2D eigenvalue weighted by molar-refractivity contribution is 9.10. The predicted molar refractivity (Wildman–Crippen MR) is 96.2 cm³/mol. The molecule has 1 heterocycles. The molecule has 1 aromatic heterocycles. The molecule has 5 heteroatoms. The molecular weight excluding hydrogens is 368 g/mol. The van der Waals surface area contributed by atoms with Crippen molar-refractivity contribution < 1.29 is 9.59 Å². The van der Waals surface area contributed by atoms with Crippen LogP contribution in [0.4, 0.5) is 5.69 Å². The molecule has 0 saturated heterocycles. The molecule has 0 spiro atoms. The van der Waals surface area contributed by atoms with E-state index in [9.17, 15) is 9.59 Å². The van der Waals surface area contributed by atoms with Crippen molar-refractivity contribution in [3.63, 3.8) is 0 Å². The maximum absolute atomic E-state index is 12.7. The molecule has 4 nitrogen and oxygen atoms in total. The van der Waals surface area contributed by atoms with Crippen molar-refractivity contribution in [2.45, 2.75) is 0 Å². The molecule has 0 fully saturated rings. The van der Waals surface area contributed by atoms with E-state index in [1.54, 1.807) is 73.1 Å². The summed E-state index contributed by atoms with van der Waals surface area (Å²) in [5, 5.41) is 2.75. The number of pyridine rings is 1. The van der Waals surface area contributed by atoms with Gasteiger partial charge < -0.3 is 5.32 Å². The van der Waals surface area contributed by atoms with Crippen LogP contribution in [0.25, 0.3) is 0 Å². The van der Waals surface area contributed by atoms with Crippen LogP contribution in [-0.4, -0.2) is 16.7 Å². The van der Waals surface area contributed by atoms with Crippen LogP contribution in [0.5, 0.6) is 0 Å². The van der Waals surface area contributed by atoms with E-state index in [-0.39, 0.29) is 11.7 Å². The number of nitrogens with one attached hydrogen (secondary N) is 1. The minimum Gasteiger partial charge on any atom is -0.321 e. The number of anilines is 1. The zero-order chi connectivity index (χ0) is 16.9. The van der Waals surface area contributed by atoms with E-state index in [1.807, 2.05) is 0 Å². The van der Waals surface area contributed by atoms with Crippen molar-refractivity contribution in [3.05, 3.63) is 94.2 Å². The van der Waals surface area contributed by atoms with Crippen LogP contribution < -0.4 is 5.32 Å². The van der Waals surface area contributed by atoms with E-state index in [1.165, 1.54) is 0 Å². The second-order valence-corrected chi connectivity index (χ2v) is 5.99. The number of ketones is 1. The van der Waals surface area contributed by atoms with Crippen LogP contribution in [0.15, 0.2) is 77.5 Å². The number of halogens is 1. The van der Waals surface area contributed by atoms with Crippen LogP contribution in [-0.2, 0) is 0 Å². The van der Waals surface area contributed by atoms with E-state index in [2.05, 4.69) is 26.2 Å². The molecule has 24 heavy (non-hydrogen) atoms. The summed E-state index contributed by atoms with van der Waals surface area (Å²) in [7, 11) is 0. The van der Waals surface area contributed by atoms with E-state index in [0.717, 1.165) is 4.47 Å². The van der Waals surface area contributed by atoms with Gasteiger partial charge in [-0.3, -0.25) is 14.6 Å². The van der Waals surface area contributed by atoms with Crippen molar-refractivity contribution >= 4 is 33.3 Å². The summed E-state index contributed by atoms with van der Waals surface area (Å²) in [6.45, 7) is 0. The van der Waals surface area contributed by atoms with Crippen LogP contribution in [0.1, 0.15) is 26.3 Å². The zero-order valence-electron chi connectivity index (χ0n) is 12.6. The Hall–Kier alpha value is -2.79. The molecule has 0 unspecified atom stereocenters. The monoisotopic (exact) mass is 380 g/mol. The number of carbonyl (C=O) groups excluding carboxylic acids is 2. The van der Waals surface area contributed by atoms with Crippen LogP contribution in [0.3, 0.4) is 0 Å². The Morgan fingerprint density at radius 3 is 2.25 bits per heavy atom. The largest absolute Gasteiger partial charge is 0.321 e. The molecule has 0 radical (unpaired) electrons. The lowest BCUT2D eigenvalue weighted by Crippen LogP contribution is -2.17. The van der Waals surface area contributed by atoms with Gasteiger partial charge in [0, 0.05) is 21.8 Å². The Morgan fingerprint density at radius 2 is 1.58 bits per heavy atom. The van der Waals surface area contributed by atoms with Gasteiger partial charge in [0.25, 0.3) is 5.91 Å². The molecule has 0 saturated carbocycles. The minimum atomic E-state index is -0.343. The number of aromatic nitrogens is 1. The fraction of sp³-hybridized carbons (Fsp3) is 0. The molecule has 118 valence electrons. The molecule has 0 bridgehead atoms. The Labute approximate surface area is 147 Å². The van der Waals surface area contributed by atoms with Gasteiger partial charge in [-0.1, -0.05) is 34.1 Å². The van der Waals surface area contributed by atoms with E-state index in [0.29, 0.717) is 22.4 Å². The highest BCUT2D eigenvalue weighted by atomic mass is 79.9. The third-order valence-corrected chi connectivity index (χ3v) is 3.97. The van der Waals surface area contributed by atoms with E-state index >= 15 is 0 Å². The lowest BCUT2D eigenvalue weighted by Gasteiger charge is -2.09. The molecule has 1 amide bonds. The van der Waals surface area contributed by atoms with Crippen molar-refractivity contribution in [2.24, 2.45) is 0 Å². The van der Waals surface area contributed by atoms with Crippen LogP contribution in [0, 0.1) is 0 Å². The maximum atomic E-state index is 12.7. The van der Waals surface area contributed by atoms with Crippen molar-refractivity contribution in [2.75, 3.05) is 5.32 Å². The first-order valence-electron chi connectivity index (χ1n) is 7.26. The first kappa shape index (κ1) is 16.1. The lowest BCUT2D eigenvalue weighted by atomic mass is 9.98. The third kappa shape index (κ3) is 3.58. The molecule has 0 aliphatic heterocycles. The summed E-state index contributed by atoms with van der Waals surface area (Å²) in [6.07, 6.45) is 3.18. The molecular formula is C19H13BrN2O2. The first-order valence-corrected chi connectivity index (χ1v) is 8.05. The van der Waals surface area contributed by atoms with Crippen LogP contribution >= 0.6 is 15.9 Å². The van der Waals surface area contributed by atoms with Gasteiger partial charge in [-0.2, -0.15) is 0 Å². The summed E-state index contributed by atoms with van der Waals surface area (Å²) in [5.74, 6) is -0.538. The topological polar surface area (TPSA) is 59.1 Å². The van der Waals surface area contributed by atoms with Gasteiger partial charge in [-0.15, -0.1) is 0 Å². The Bertz CT molecular complexity index is 877. The van der Waals surface area contributed by atoms with Crippen molar-refractivity contribution in [1.29, 1.82) is 0 Å². The Morgan fingerprint density at radius 1 is 0.875 bits per heavy atom. The number of amides is 1. The van der Waals surface area contributed by atoms with Crippen molar-refractivity contribution in [3.8, 4) is 0 Å². The second kappa shape index (κ2) is 7.19. The molecule has 2 aromatic carbocycles. The summed E-state index contributed by atoms with van der Waals surface area (Å²) in [4.78, 5) is 29.2. The van der Waals surface area contributed by atoms with Gasteiger partial charge >= 0.3 is 0 Å². The van der Waals surface area contributed by atoms with Gasteiger partial charge in [0.1, 0.15) is 0 Å². The highest BCUT2D eigenvalue weighted by Crippen LogP contribution is 2.18. The fourth-order valence-corrected chi connectivity index (χ4v) is 2.54. The summed E-state index contributed by atoms with van der Waals surface area (Å²) in [6, 6.07) is 17.3. The number of hydrogen-bond donors (Lipinski definition) is 1. The molecule has 0 atom stereocenters. The predicted octanol–water partition coefficient (Wildman–Crippen LogP) is 4.33. The van der Waals surface area contributed by atoms with Gasteiger partial charge in [0.15, 0.2) is 5.78 Å². The van der Waals surface area contributed by atoms with Gasteiger partial charge in [-0.05, 0) is 42.5 Å². The van der Waals surface area contributed by atoms with Crippen molar-refractivity contribution in [1.82, 2.24) is 4.98 Å². The van der Waals surface area contributed by atoms with Gasteiger partial charge in [0.2, 0.25) is 0 Å². The normalized spacial score (nSPS) is 10.2. The number of rotatable bonds is 4. The smallest absolute Gasteiger partial charge is 0.256 e. The molecule has 0 aliphatic carbocycles. The molecule has 3 aromatic rings. The third-order valence-electron chi connectivity index (χ3n) is 3.44. The number of hydrogen-bond acceptors (Lipinski definition) is 3. The summed E-state index contributed by atoms with van der Waals surface area (Å²) < 4.78 is 0.890. The number of nitrogens with zero attached hydrogens (tertiary/aromatic N) is 1. The maximum Gasteiger partial charge on any atom is 0.256 e.